The molecule has 1 fully saturated rings. The van der Waals surface area contributed by atoms with Gasteiger partial charge >= 0.3 is 0 Å². The second-order valence-electron chi connectivity index (χ2n) is 5.88. The lowest BCUT2D eigenvalue weighted by atomic mass is 9.86. The average Bonchev–Trinajstić information content (AvgIpc) is 2.39. The maximum absolute atomic E-state index is 9.33. The van der Waals surface area contributed by atoms with E-state index in [1.165, 1.54) is 31.5 Å². The molecule has 1 unspecified atom stereocenters. The van der Waals surface area contributed by atoms with Crippen molar-refractivity contribution in [2.24, 2.45) is 11.8 Å². The Morgan fingerprint density at radius 1 is 1.06 bits per heavy atom. The fourth-order valence-corrected chi connectivity index (χ4v) is 2.94. The molecule has 0 radical (unpaired) electrons. The molecule has 0 spiro atoms. The molecule has 1 N–H and O–H groups in total. The molecule has 0 bridgehead atoms. The minimum absolute atomic E-state index is 0.351. The Morgan fingerprint density at radius 3 is 2.11 bits per heavy atom. The molecule has 1 heterocycles. The molecule has 1 atom stereocenters. The van der Waals surface area contributed by atoms with Gasteiger partial charge in [0, 0.05) is 6.04 Å². The fourth-order valence-electron chi connectivity index (χ4n) is 2.94. The Hall–Kier alpha value is -1.02. The second-order valence-corrected chi connectivity index (χ2v) is 5.88. The highest BCUT2D eigenvalue weighted by Gasteiger charge is 2.24. The van der Waals surface area contributed by atoms with Crippen LogP contribution in [0, 0.1) is 11.8 Å². The summed E-state index contributed by atoms with van der Waals surface area (Å²) in [6.45, 7) is 9.34. The molecular weight excluding hydrogens is 222 g/mol. The van der Waals surface area contributed by atoms with E-state index in [2.05, 4.69) is 25.7 Å². The Balaban J connectivity index is 1.95. The summed E-state index contributed by atoms with van der Waals surface area (Å²) in [7, 11) is 0. The van der Waals surface area contributed by atoms with Crippen molar-refractivity contribution in [3.63, 3.8) is 0 Å². The van der Waals surface area contributed by atoms with E-state index in [0.717, 1.165) is 11.8 Å². The molecule has 2 heteroatoms. The molecule has 1 aliphatic heterocycles. The monoisotopic (exact) mass is 247 g/mol. The number of likely N-dealkylation sites (tertiary alicyclic amines) is 1. The van der Waals surface area contributed by atoms with E-state index in [1.807, 2.05) is 12.1 Å². The minimum atomic E-state index is 0.351. The Morgan fingerprint density at radius 2 is 1.61 bits per heavy atom. The SMILES string of the molecule is CC(C)C1CCN(C(C)c2ccc(O)cc2)CC1. The van der Waals surface area contributed by atoms with Crippen LogP contribution in [0.3, 0.4) is 0 Å². The van der Waals surface area contributed by atoms with Crippen molar-refractivity contribution >= 4 is 0 Å². The zero-order valence-corrected chi connectivity index (χ0v) is 11.8. The van der Waals surface area contributed by atoms with Crippen LogP contribution < -0.4 is 0 Å². The third-order valence-electron chi connectivity index (χ3n) is 4.44. The molecule has 0 aromatic heterocycles. The predicted molar refractivity (Wildman–Crippen MR) is 75.7 cm³/mol. The van der Waals surface area contributed by atoms with E-state index in [1.54, 1.807) is 12.1 Å². The third kappa shape index (κ3) is 3.05. The quantitative estimate of drug-likeness (QED) is 0.877. The molecule has 1 aromatic carbocycles. The van der Waals surface area contributed by atoms with Gasteiger partial charge in [-0.15, -0.1) is 0 Å². The van der Waals surface area contributed by atoms with E-state index in [-0.39, 0.29) is 0 Å². The van der Waals surface area contributed by atoms with Crippen LogP contribution in [0.25, 0.3) is 0 Å². The fraction of sp³-hybridized carbons (Fsp3) is 0.625. The number of hydrogen-bond acceptors (Lipinski definition) is 2. The van der Waals surface area contributed by atoms with Gasteiger partial charge in [-0.1, -0.05) is 26.0 Å². The number of piperidine rings is 1. The van der Waals surface area contributed by atoms with Crippen molar-refractivity contribution in [1.82, 2.24) is 4.90 Å². The standard InChI is InChI=1S/C16H25NO/c1-12(2)14-8-10-17(11-9-14)13(3)15-4-6-16(18)7-5-15/h4-7,12-14,18H,8-11H2,1-3H3. The van der Waals surface area contributed by atoms with Crippen LogP contribution in [0.5, 0.6) is 5.75 Å². The molecule has 1 aromatic rings. The van der Waals surface area contributed by atoms with Crippen molar-refractivity contribution in [1.29, 1.82) is 0 Å². The summed E-state index contributed by atoms with van der Waals surface area (Å²) in [6, 6.07) is 8.10. The number of benzene rings is 1. The number of phenolic OH excluding ortho intramolecular Hbond substituents is 1. The van der Waals surface area contributed by atoms with Gasteiger partial charge in [0.2, 0.25) is 0 Å². The molecule has 18 heavy (non-hydrogen) atoms. The minimum Gasteiger partial charge on any atom is -0.508 e. The van der Waals surface area contributed by atoms with Crippen molar-refractivity contribution < 1.29 is 5.11 Å². The van der Waals surface area contributed by atoms with Crippen LogP contribution in [0.15, 0.2) is 24.3 Å². The van der Waals surface area contributed by atoms with Gasteiger partial charge in [-0.3, -0.25) is 4.90 Å². The Kier molecular flexibility index (Phi) is 4.28. The molecule has 1 aliphatic rings. The zero-order chi connectivity index (χ0) is 13.1. The number of phenols is 1. The average molecular weight is 247 g/mol. The van der Waals surface area contributed by atoms with Gasteiger partial charge in [-0.2, -0.15) is 0 Å². The zero-order valence-electron chi connectivity index (χ0n) is 11.8. The van der Waals surface area contributed by atoms with Crippen LogP contribution in [-0.2, 0) is 0 Å². The molecule has 2 rings (SSSR count). The van der Waals surface area contributed by atoms with Crippen LogP contribution in [-0.4, -0.2) is 23.1 Å². The van der Waals surface area contributed by atoms with Gasteiger partial charge < -0.3 is 5.11 Å². The predicted octanol–water partition coefficient (Wildman–Crippen LogP) is 3.82. The van der Waals surface area contributed by atoms with Crippen molar-refractivity contribution in [3.05, 3.63) is 29.8 Å². The Bertz CT molecular complexity index is 363. The van der Waals surface area contributed by atoms with Crippen LogP contribution in [0.4, 0.5) is 0 Å². The first-order chi connectivity index (χ1) is 8.58. The highest BCUT2D eigenvalue weighted by molar-refractivity contribution is 5.27. The van der Waals surface area contributed by atoms with Gasteiger partial charge in [-0.05, 0) is 62.4 Å². The van der Waals surface area contributed by atoms with Crippen LogP contribution in [0.1, 0.15) is 45.2 Å². The lowest BCUT2D eigenvalue weighted by Gasteiger charge is -2.37. The largest absolute Gasteiger partial charge is 0.508 e. The first-order valence-electron chi connectivity index (χ1n) is 7.11. The van der Waals surface area contributed by atoms with Gasteiger partial charge in [0.25, 0.3) is 0 Å². The molecule has 0 amide bonds. The number of nitrogens with zero attached hydrogens (tertiary/aromatic N) is 1. The summed E-state index contributed by atoms with van der Waals surface area (Å²) < 4.78 is 0. The topological polar surface area (TPSA) is 23.5 Å². The summed E-state index contributed by atoms with van der Waals surface area (Å²) in [5.74, 6) is 2.06. The van der Waals surface area contributed by atoms with Gasteiger partial charge in [0.05, 0.1) is 0 Å². The van der Waals surface area contributed by atoms with Gasteiger partial charge in [-0.25, -0.2) is 0 Å². The molecule has 0 saturated carbocycles. The van der Waals surface area contributed by atoms with Gasteiger partial charge in [0.1, 0.15) is 5.75 Å². The lowest BCUT2D eigenvalue weighted by molar-refractivity contribution is 0.122. The highest BCUT2D eigenvalue weighted by atomic mass is 16.3. The van der Waals surface area contributed by atoms with E-state index in [4.69, 9.17) is 0 Å². The van der Waals surface area contributed by atoms with Crippen LogP contribution in [0.2, 0.25) is 0 Å². The summed E-state index contributed by atoms with van der Waals surface area (Å²) in [5, 5.41) is 9.33. The van der Waals surface area contributed by atoms with Crippen molar-refractivity contribution in [2.45, 2.75) is 39.7 Å². The summed E-state index contributed by atoms with van der Waals surface area (Å²) in [6.07, 6.45) is 2.64. The second kappa shape index (κ2) is 5.75. The number of aromatic hydroxyl groups is 1. The molecule has 2 nitrogen and oxygen atoms in total. The van der Waals surface area contributed by atoms with E-state index in [0.29, 0.717) is 11.8 Å². The summed E-state index contributed by atoms with van der Waals surface area (Å²) in [5.41, 5.74) is 1.30. The molecule has 0 aliphatic carbocycles. The lowest BCUT2D eigenvalue weighted by Crippen LogP contribution is -2.36. The van der Waals surface area contributed by atoms with E-state index >= 15 is 0 Å². The number of rotatable bonds is 3. The smallest absolute Gasteiger partial charge is 0.115 e. The number of hydrogen-bond donors (Lipinski definition) is 1. The van der Waals surface area contributed by atoms with Crippen molar-refractivity contribution in [2.75, 3.05) is 13.1 Å². The first kappa shape index (κ1) is 13.4. The summed E-state index contributed by atoms with van der Waals surface area (Å²) in [4.78, 5) is 2.56. The third-order valence-corrected chi connectivity index (χ3v) is 4.44. The maximum Gasteiger partial charge on any atom is 0.115 e. The maximum atomic E-state index is 9.33. The van der Waals surface area contributed by atoms with Gasteiger partial charge in [0.15, 0.2) is 0 Å². The normalized spacial score (nSPS) is 20.2. The van der Waals surface area contributed by atoms with E-state index < -0.39 is 0 Å². The van der Waals surface area contributed by atoms with E-state index in [9.17, 15) is 5.11 Å². The highest BCUT2D eigenvalue weighted by Crippen LogP contribution is 2.30. The first-order valence-corrected chi connectivity index (χ1v) is 7.11. The molecule has 100 valence electrons. The van der Waals surface area contributed by atoms with Crippen LogP contribution >= 0.6 is 0 Å². The Labute approximate surface area is 111 Å². The van der Waals surface area contributed by atoms with Crippen molar-refractivity contribution in [3.8, 4) is 5.75 Å². The molecule has 1 saturated heterocycles. The summed E-state index contributed by atoms with van der Waals surface area (Å²) >= 11 is 0. The molecular formula is C16H25NO.